The van der Waals surface area contributed by atoms with Gasteiger partial charge in [-0.1, -0.05) is 20.8 Å². The third-order valence-corrected chi connectivity index (χ3v) is 11.0. The SMILES string of the molecule is C[C@H](CCC(=O)[O-])[C@H]1CC[C@H]2[C@@H]3[C@@H](O)C[C@@H]4C[C@H](OS(=O)(=O)[O-])CC[C@]4(C)[C@H]3CC[C@]12C. The Kier molecular flexibility index (Phi) is 6.49. The lowest BCUT2D eigenvalue weighted by Crippen LogP contribution is -2.58. The first-order valence-corrected chi connectivity index (χ1v) is 13.7. The average molecular weight is 471 g/mol. The lowest BCUT2D eigenvalue weighted by atomic mass is 9.43. The van der Waals surface area contributed by atoms with Gasteiger partial charge in [-0.05, 0) is 111 Å². The normalized spacial score (nSPS) is 47.2. The summed E-state index contributed by atoms with van der Waals surface area (Å²) in [4.78, 5) is 11.0. The Morgan fingerprint density at radius 3 is 2.41 bits per heavy atom. The van der Waals surface area contributed by atoms with E-state index in [-0.39, 0.29) is 29.1 Å². The molecular formula is C24H38O7S-2. The number of rotatable bonds is 6. The van der Waals surface area contributed by atoms with Gasteiger partial charge in [-0.15, -0.1) is 0 Å². The van der Waals surface area contributed by atoms with E-state index in [0.717, 1.165) is 32.1 Å². The van der Waals surface area contributed by atoms with Crippen LogP contribution in [0.5, 0.6) is 0 Å². The molecule has 1 N–H and O–H groups in total. The number of carboxylic acid groups (broad SMARTS) is 1. The molecule has 0 heterocycles. The van der Waals surface area contributed by atoms with Crippen molar-refractivity contribution in [1.29, 1.82) is 0 Å². The Labute approximate surface area is 192 Å². The minimum Gasteiger partial charge on any atom is -0.726 e. The van der Waals surface area contributed by atoms with Crippen LogP contribution in [0.2, 0.25) is 0 Å². The van der Waals surface area contributed by atoms with Crippen molar-refractivity contribution < 1.29 is 32.2 Å². The molecule has 0 amide bonds. The van der Waals surface area contributed by atoms with Crippen LogP contribution in [0.25, 0.3) is 0 Å². The highest BCUT2D eigenvalue weighted by atomic mass is 32.3. The van der Waals surface area contributed by atoms with Crippen molar-refractivity contribution in [1.82, 2.24) is 0 Å². The maximum atomic E-state index is 11.3. The molecule has 32 heavy (non-hydrogen) atoms. The molecule has 4 fully saturated rings. The van der Waals surface area contributed by atoms with Gasteiger partial charge >= 0.3 is 0 Å². The molecule has 4 aliphatic carbocycles. The number of aliphatic hydroxyl groups excluding tert-OH is 1. The molecule has 4 rings (SSSR count). The van der Waals surface area contributed by atoms with Gasteiger partial charge in [-0.25, -0.2) is 8.42 Å². The monoisotopic (exact) mass is 470 g/mol. The number of aliphatic carboxylic acids is 1. The zero-order valence-electron chi connectivity index (χ0n) is 19.5. The maximum Gasteiger partial charge on any atom is 0.217 e. The molecule has 0 unspecified atom stereocenters. The summed E-state index contributed by atoms with van der Waals surface area (Å²) in [6, 6.07) is 0. The van der Waals surface area contributed by atoms with Crippen LogP contribution in [0.15, 0.2) is 0 Å². The summed E-state index contributed by atoms with van der Waals surface area (Å²) in [6.07, 6.45) is 6.58. The van der Waals surface area contributed by atoms with Gasteiger partial charge in [-0.2, -0.15) is 0 Å². The molecule has 4 aliphatic rings. The molecular weight excluding hydrogens is 432 g/mol. The van der Waals surface area contributed by atoms with Crippen LogP contribution in [-0.4, -0.2) is 36.3 Å². The molecule has 0 spiro atoms. The first-order chi connectivity index (χ1) is 14.8. The highest BCUT2D eigenvalue weighted by molar-refractivity contribution is 7.80. The van der Waals surface area contributed by atoms with E-state index in [9.17, 15) is 28.0 Å². The summed E-state index contributed by atoms with van der Waals surface area (Å²) in [5.41, 5.74) is 0.143. The van der Waals surface area contributed by atoms with Crippen molar-refractivity contribution in [2.75, 3.05) is 0 Å². The molecule has 10 atom stereocenters. The summed E-state index contributed by atoms with van der Waals surface area (Å²) in [5.74, 6) is 1.02. The lowest BCUT2D eigenvalue weighted by Gasteiger charge is -2.62. The molecule has 0 bridgehead atoms. The van der Waals surface area contributed by atoms with Crippen molar-refractivity contribution >= 4 is 16.4 Å². The average Bonchev–Trinajstić information content (AvgIpc) is 3.03. The van der Waals surface area contributed by atoms with Gasteiger partial charge in [0.25, 0.3) is 0 Å². The molecule has 0 radical (unpaired) electrons. The van der Waals surface area contributed by atoms with E-state index in [1.54, 1.807) is 0 Å². The molecule has 0 saturated heterocycles. The fraction of sp³-hybridized carbons (Fsp3) is 0.958. The first-order valence-electron chi connectivity index (χ1n) is 12.4. The highest BCUT2D eigenvalue weighted by Crippen LogP contribution is 2.68. The summed E-state index contributed by atoms with van der Waals surface area (Å²) in [7, 11) is -4.72. The van der Waals surface area contributed by atoms with Crippen LogP contribution in [0, 0.1) is 46.3 Å². The zero-order valence-corrected chi connectivity index (χ0v) is 20.3. The third kappa shape index (κ3) is 4.25. The van der Waals surface area contributed by atoms with Crippen molar-refractivity contribution in [3.8, 4) is 0 Å². The third-order valence-electron chi connectivity index (χ3n) is 10.5. The molecule has 8 heteroatoms. The van der Waals surface area contributed by atoms with Gasteiger partial charge < -0.3 is 19.6 Å². The minimum atomic E-state index is -4.72. The van der Waals surface area contributed by atoms with E-state index in [2.05, 4.69) is 20.8 Å². The largest absolute Gasteiger partial charge is 0.726 e. The first kappa shape index (κ1) is 24.4. The van der Waals surface area contributed by atoms with Gasteiger partial charge in [0.05, 0.1) is 12.2 Å². The second kappa shape index (κ2) is 8.51. The number of hydrogen-bond acceptors (Lipinski definition) is 7. The van der Waals surface area contributed by atoms with E-state index in [4.69, 9.17) is 4.18 Å². The Morgan fingerprint density at radius 2 is 1.75 bits per heavy atom. The Morgan fingerprint density at radius 1 is 1.09 bits per heavy atom. The van der Waals surface area contributed by atoms with Gasteiger partial charge in [0.2, 0.25) is 10.4 Å². The van der Waals surface area contributed by atoms with E-state index in [1.807, 2.05) is 0 Å². The van der Waals surface area contributed by atoms with Crippen LogP contribution in [0.4, 0.5) is 0 Å². The van der Waals surface area contributed by atoms with E-state index >= 15 is 0 Å². The summed E-state index contributed by atoms with van der Waals surface area (Å²) >= 11 is 0. The van der Waals surface area contributed by atoms with Crippen molar-refractivity contribution in [2.24, 2.45) is 46.3 Å². The molecule has 0 aromatic rings. The van der Waals surface area contributed by atoms with Crippen LogP contribution >= 0.6 is 0 Å². The van der Waals surface area contributed by atoms with Crippen molar-refractivity contribution in [3.05, 3.63) is 0 Å². The Balaban J connectivity index is 1.52. The summed E-state index contributed by atoms with van der Waals surface area (Å²) in [6.45, 7) is 6.85. The van der Waals surface area contributed by atoms with Crippen molar-refractivity contribution in [3.63, 3.8) is 0 Å². The number of carboxylic acids is 1. The summed E-state index contributed by atoms with van der Waals surface area (Å²) < 4.78 is 38.1. The minimum absolute atomic E-state index is 0.0242. The van der Waals surface area contributed by atoms with Gasteiger partial charge in [0, 0.05) is 5.97 Å². The molecule has 0 aromatic carbocycles. The fourth-order valence-electron chi connectivity index (χ4n) is 8.96. The standard InChI is InChI=1S/C24H40O7S/c1-14(4-7-21(26)27)17-5-6-18-22-19(9-11-24(17,18)3)23(2)10-8-16(31-32(28,29)30)12-15(23)13-20(22)25/h14-20,22,25H,4-13H2,1-3H3,(H,26,27)(H,28,29,30)/p-2/t14-,15+,16-,17-,18+,19+,20+,22+,23+,24-/m1/s1. The van der Waals surface area contributed by atoms with Crippen LogP contribution in [-0.2, 0) is 19.4 Å². The smallest absolute Gasteiger partial charge is 0.217 e. The van der Waals surface area contributed by atoms with Crippen LogP contribution in [0.3, 0.4) is 0 Å². The molecule has 184 valence electrons. The fourth-order valence-corrected chi connectivity index (χ4v) is 9.47. The highest BCUT2D eigenvalue weighted by Gasteiger charge is 2.63. The maximum absolute atomic E-state index is 11.3. The van der Waals surface area contributed by atoms with Crippen LogP contribution in [0.1, 0.15) is 85.0 Å². The predicted molar refractivity (Wildman–Crippen MR) is 115 cm³/mol. The molecule has 7 nitrogen and oxygen atoms in total. The second-order valence-electron chi connectivity index (χ2n) is 11.8. The van der Waals surface area contributed by atoms with E-state index in [1.165, 1.54) is 0 Å². The number of hydrogen-bond donors (Lipinski definition) is 1. The molecule has 0 aliphatic heterocycles. The predicted octanol–water partition coefficient (Wildman–Crippen LogP) is 2.63. The zero-order chi connectivity index (χ0) is 23.5. The number of carbonyl (C=O) groups excluding carboxylic acids is 1. The van der Waals surface area contributed by atoms with Crippen LogP contribution < -0.4 is 5.11 Å². The van der Waals surface area contributed by atoms with Gasteiger partial charge in [0.1, 0.15) is 0 Å². The Bertz CT molecular complexity index is 828. The molecule has 4 saturated carbocycles. The Hall–Kier alpha value is -0.700. The van der Waals surface area contributed by atoms with Gasteiger partial charge in [0.15, 0.2) is 0 Å². The number of fused-ring (bicyclic) bond motifs is 5. The summed E-state index contributed by atoms with van der Waals surface area (Å²) in [5, 5.41) is 22.3. The number of aliphatic hydroxyl groups is 1. The lowest BCUT2D eigenvalue weighted by molar-refractivity contribution is -0.306. The van der Waals surface area contributed by atoms with Gasteiger partial charge in [-0.3, -0.25) is 4.18 Å². The van der Waals surface area contributed by atoms with E-state index in [0.29, 0.717) is 49.4 Å². The topological polar surface area (TPSA) is 127 Å². The molecule has 0 aromatic heterocycles. The quantitative estimate of drug-likeness (QED) is 0.467. The second-order valence-corrected chi connectivity index (χ2v) is 12.8. The number of carbonyl (C=O) groups is 1. The van der Waals surface area contributed by atoms with E-state index < -0.39 is 28.6 Å². The van der Waals surface area contributed by atoms with Crippen molar-refractivity contribution in [2.45, 2.75) is 97.2 Å².